The van der Waals surface area contributed by atoms with Gasteiger partial charge in [0, 0.05) is 0 Å². The van der Waals surface area contributed by atoms with Gasteiger partial charge < -0.3 is 9.47 Å². The van der Waals surface area contributed by atoms with E-state index < -0.39 is 0 Å². The first kappa shape index (κ1) is 11.6. The summed E-state index contributed by atoms with van der Waals surface area (Å²) in [5, 5.41) is 0. The lowest BCUT2D eigenvalue weighted by molar-refractivity contribution is 0.336. The van der Waals surface area contributed by atoms with E-state index in [4.69, 9.17) is 9.47 Å². The van der Waals surface area contributed by atoms with Crippen LogP contribution in [0.4, 0.5) is 0 Å². The molecule has 0 aliphatic rings. The molecular weight excluding hydrogens is 188 g/mol. The Kier molecular flexibility index (Phi) is 5.38. The van der Waals surface area contributed by atoms with Crippen LogP contribution in [-0.4, -0.2) is 14.2 Å². The van der Waals surface area contributed by atoms with Crippen LogP contribution < -0.4 is 4.74 Å². The van der Waals surface area contributed by atoms with E-state index >= 15 is 0 Å². The molecule has 0 atom stereocenters. The molecule has 15 heavy (non-hydrogen) atoms. The van der Waals surface area contributed by atoms with Gasteiger partial charge in [-0.2, -0.15) is 0 Å². The largest absolute Gasteiger partial charge is 0.505 e. The molecule has 82 valence electrons. The van der Waals surface area contributed by atoms with Crippen LogP contribution in [-0.2, 0) is 11.2 Å². The van der Waals surface area contributed by atoms with E-state index in [1.165, 1.54) is 5.56 Å². The number of benzene rings is 1. The van der Waals surface area contributed by atoms with Crippen molar-refractivity contribution >= 4 is 0 Å². The van der Waals surface area contributed by atoms with Gasteiger partial charge in [0.2, 0.25) is 0 Å². The Hall–Kier alpha value is -1.44. The van der Waals surface area contributed by atoms with Gasteiger partial charge in [0.25, 0.3) is 0 Å². The molecule has 1 aromatic rings. The second-order valence-electron chi connectivity index (χ2n) is 3.35. The number of unbranched alkanes of at least 4 members (excludes halogenated alkanes) is 1. The number of rotatable bonds is 6. The zero-order valence-electron chi connectivity index (χ0n) is 9.40. The molecule has 0 amide bonds. The van der Waals surface area contributed by atoms with E-state index in [-0.39, 0.29) is 0 Å². The average Bonchev–Trinajstić information content (AvgIpc) is 2.29. The highest BCUT2D eigenvalue weighted by Gasteiger charge is 1.94. The fourth-order valence-electron chi connectivity index (χ4n) is 1.42. The number of ether oxygens (including phenoxy) is 2. The highest BCUT2D eigenvalue weighted by atomic mass is 16.5. The molecule has 0 bridgehead atoms. The molecule has 0 unspecified atom stereocenters. The molecule has 0 aliphatic heterocycles. The monoisotopic (exact) mass is 206 g/mol. The summed E-state index contributed by atoms with van der Waals surface area (Å²) < 4.78 is 10.00. The third kappa shape index (κ3) is 4.54. The molecule has 0 heterocycles. The van der Waals surface area contributed by atoms with Crippen molar-refractivity contribution < 1.29 is 9.47 Å². The van der Waals surface area contributed by atoms with Crippen LogP contribution in [0.3, 0.4) is 0 Å². The Labute approximate surface area is 91.5 Å². The first-order valence-corrected chi connectivity index (χ1v) is 5.17. The van der Waals surface area contributed by atoms with Crippen LogP contribution in [0, 0.1) is 0 Å². The molecule has 2 heteroatoms. The number of methoxy groups -OCH3 is 2. The van der Waals surface area contributed by atoms with Gasteiger partial charge in [-0.1, -0.05) is 12.1 Å². The van der Waals surface area contributed by atoms with Crippen molar-refractivity contribution in [2.24, 2.45) is 0 Å². The Bertz CT molecular complexity index is 305. The first-order chi connectivity index (χ1) is 7.36. The van der Waals surface area contributed by atoms with Crippen LogP contribution in [0.25, 0.3) is 0 Å². The van der Waals surface area contributed by atoms with Crippen LogP contribution >= 0.6 is 0 Å². The predicted molar refractivity (Wildman–Crippen MR) is 62.1 cm³/mol. The van der Waals surface area contributed by atoms with Crippen molar-refractivity contribution in [1.82, 2.24) is 0 Å². The zero-order valence-corrected chi connectivity index (χ0v) is 9.40. The SMILES string of the molecule is CO/C=C/CCCc1cccc(OC)c1. The number of aryl methyl sites for hydroxylation is 1. The lowest BCUT2D eigenvalue weighted by Crippen LogP contribution is -1.87. The minimum atomic E-state index is 0.930. The summed E-state index contributed by atoms with van der Waals surface area (Å²) in [5.74, 6) is 0.930. The Morgan fingerprint density at radius 2 is 2.13 bits per heavy atom. The van der Waals surface area contributed by atoms with E-state index in [2.05, 4.69) is 12.1 Å². The summed E-state index contributed by atoms with van der Waals surface area (Å²) in [6.45, 7) is 0. The minimum absolute atomic E-state index is 0.930. The van der Waals surface area contributed by atoms with E-state index in [1.807, 2.05) is 18.2 Å². The molecule has 0 radical (unpaired) electrons. The summed E-state index contributed by atoms with van der Waals surface area (Å²) in [7, 11) is 3.36. The number of hydrogen-bond donors (Lipinski definition) is 0. The molecule has 2 nitrogen and oxygen atoms in total. The topological polar surface area (TPSA) is 18.5 Å². The Balaban J connectivity index is 2.33. The molecule has 0 aromatic heterocycles. The fourth-order valence-corrected chi connectivity index (χ4v) is 1.42. The van der Waals surface area contributed by atoms with Crippen molar-refractivity contribution in [2.75, 3.05) is 14.2 Å². The van der Waals surface area contributed by atoms with Gasteiger partial charge in [0.05, 0.1) is 20.5 Å². The predicted octanol–water partition coefficient (Wildman–Crippen LogP) is 3.18. The van der Waals surface area contributed by atoms with Crippen LogP contribution in [0.1, 0.15) is 18.4 Å². The normalized spacial score (nSPS) is 10.5. The molecule has 1 rings (SSSR count). The Morgan fingerprint density at radius 3 is 2.87 bits per heavy atom. The van der Waals surface area contributed by atoms with Gasteiger partial charge in [0.1, 0.15) is 5.75 Å². The minimum Gasteiger partial charge on any atom is -0.505 e. The van der Waals surface area contributed by atoms with Crippen LogP contribution in [0.2, 0.25) is 0 Å². The lowest BCUT2D eigenvalue weighted by Gasteiger charge is -2.03. The third-order valence-electron chi connectivity index (χ3n) is 2.20. The fraction of sp³-hybridized carbons (Fsp3) is 0.385. The van der Waals surface area contributed by atoms with Crippen LogP contribution in [0.15, 0.2) is 36.6 Å². The van der Waals surface area contributed by atoms with Gasteiger partial charge in [-0.3, -0.25) is 0 Å². The summed E-state index contributed by atoms with van der Waals surface area (Å²) in [4.78, 5) is 0. The van der Waals surface area contributed by atoms with Crippen LogP contribution in [0.5, 0.6) is 5.75 Å². The van der Waals surface area contributed by atoms with E-state index in [9.17, 15) is 0 Å². The summed E-state index contributed by atoms with van der Waals surface area (Å²) in [6, 6.07) is 8.20. The van der Waals surface area contributed by atoms with Gasteiger partial charge >= 0.3 is 0 Å². The molecule has 0 saturated carbocycles. The van der Waals surface area contributed by atoms with E-state index in [1.54, 1.807) is 20.5 Å². The molecule has 0 spiro atoms. The maximum Gasteiger partial charge on any atom is 0.119 e. The van der Waals surface area contributed by atoms with Crippen molar-refractivity contribution in [1.29, 1.82) is 0 Å². The quantitative estimate of drug-likeness (QED) is 0.525. The molecule has 0 aliphatic carbocycles. The van der Waals surface area contributed by atoms with Crippen molar-refractivity contribution in [2.45, 2.75) is 19.3 Å². The molecule has 0 saturated heterocycles. The van der Waals surface area contributed by atoms with Gasteiger partial charge in [0.15, 0.2) is 0 Å². The van der Waals surface area contributed by atoms with E-state index in [0.717, 1.165) is 25.0 Å². The second-order valence-corrected chi connectivity index (χ2v) is 3.35. The maximum atomic E-state index is 5.17. The average molecular weight is 206 g/mol. The first-order valence-electron chi connectivity index (χ1n) is 5.17. The highest BCUT2D eigenvalue weighted by Crippen LogP contribution is 2.14. The Morgan fingerprint density at radius 1 is 1.27 bits per heavy atom. The molecule has 0 N–H and O–H groups in total. The van der Waals surface area contributed by atoms with Crippen molar-refractivity contribution in [3.8, 4) is 5.75 Å². The molecular formula is C13H18O2. The summed E-state index contributed by atoms with van der Waals surface area (Å²) in [6.07, 6.45) is 7.02. The third-order valence-corrected chi connectivity index (χ3v) is 2.20. The lowest BCUT2D eigenvalue weighted by atomic mass is 10.1. The maximum absolute atomic E-state index is 5.17. The highest BCUT2D eigenvalue weighted by molar-refractivity contribution is 5.28. The van der Waals surface area contributed by atoms with E-state index in [0.29, 0.717) is 0 Å². The van der Waals surface area contributed by atoms with Gasteiger partial charge in [-0.25, -0.2) is 0 Å². The van der Waals surface area contributed by atoms with Gasteiger partial charge in [-0.15, -0.1) is 0 Å². The summed E-state index contributed by atoms with van der Waals surface area (Å²) >= 11 is 0. The molecule has 1 aromatic carbocycles. The standard InChI is InChI=1S/C13H18O2/c1-14-10-5-3-4-7-12-8-6-9-13(11-12)15-2/h5-6,8-11H,3-4,7H2,1-2H3/b10-5+. The zero-order chi connectivity index (χ0) is 10.9. The number of hydrogen-bond acceptors (Lipinski definition) is 2. The van der Waals surface area contributed by atoms with Crippen molar-refractivity contribution in [3.05, 3.63) is 42.2 Å². The molecule has 0 fully saturated rings. The number of allylic oxidation sites excluding steroid dienone is 1. The van der Waals surface area contributed by atoms with Crippen molar-refractivity contribution in [3.63, 3.8) is 0 Å². The summed E-state index contributed by atoms with van der Waals surface area (Å²) in [5.41, 5.74) is 1.32. The van der Waals surface area contributed by atoms with Gasteiger partial charge in [-0.05, 0) is 43.0 Å². The second kappa shape index (κ2) is 6.93. The smallest absolute Gasteiger partial charge is 0.119 e.